The van der Waals surface area contributed by atoms with E-state index < -0.39 is 12.2 Å². The van der Waals surface area contributed by atoms with Gasteiger partial charge < -0.3 is 28.7 Å². The fraction of sp³-hybridized carbons (Fsp3) is 0.955. The summed E-state index contributed by atoms with van der Waals surface area (Å²) in [4.78, 5) is 31.4. The van der Waals surface area contributed by atoms with Gasteiger partial charge in [0.25, 0.3) is 0 Å². The summed E-state index contributed by atoms with van der Waals surface area (Å²) >= 11 is 0. The molecule has 2 rings (SSSR count). The number of carbonyl (C=O) groups is 2. The van der Waals surface area contributed by atoms with Crippen LogP contribution < -0.4 is 0 Å². The number of nitrogens with zero attached hydrogens (tertiary/aromatic N) is 2. The summed E-state index contributed by atoms with van der Waals surface area (Å²) < 4.78 is 24.6. The van der Waals surface area contributed by atoms with Crippen molar-refractivity contribution in [2.45, 2.75) is 194 Å². The molecule has 0 amide bonds. The van der Waals surface area contributed by atoms with Crippen LogP contribution in [0.1, 0.15) is 182 Å². The predicted molar refractivity (Wildman–Crippen MR) is 215 cm³/mol. The van der Waals surface area contributed by atoms with Gasteiger partial charge in [0, 0.05) is 26.1 Å². The van der Waals surface area contributed by atoms with Crippen LogP contribution in [0.2, 0.25) is 0 Å². The van der Waals surface area contributed by atoms with Crippen LogP contribution in [0.4, 0.5) is 0 Å². The van der Waals surface area contributed by atoms with Crippen molar-refractivity contribution in [2.75, 3.05) is 65.7 Å². The molecule has 2 aliphatic heterocycles. The van der Waals surface area contributed by atoms with E-state index in [1.807, 2.05) is 0 Å². The lowest BCUT2D eigenvalue weighted by molar-refractivity contribution is -0.178. The molecular formula is C44H84N2O6. The van der Waals surface area contributed by atoms with Gasteiger partial charge in [-0.2, -0.15) is 0 Å². The largest absolute Gasteiger partial charge is 0.456 e. The summed E-state index contributed by atoms with van der Waals surface area (Å²) in [5.74, 6) is 1.10. The van der Waals surface area contributed by atoms with Crippen LogP contribution in [-0.2, 0) is 28.5 Å². The molecule has 8 nitrogen and oxygen atoms in total. The van der Waals surface area contributed by atoms with E-state index in [4.69, 9.17) is 18.9 Å². The van der Waals surface area contributed by atoms with Gasteiger partial charge in [-0.15, -0.1) is 0 Å². The topological polar surface area (TPSA) is 77.5 Å². The number of carbonyl (C=O) groups excluding carboxylic acids is 2. The standard InChI is InChI=1S/C44H84N2O6/c1-5-9-23-39(7-3)25-13-19-35-49-37-41(51-43(47)27-21-33-45-29-15-11-16-30-45)42(38-50-36-20-14-26-40(8-4)24-10-6-2)52-44(48)28-22-34-46-31-17-12-18-32-46/h39-42H,5-38H2,1-4H3. The molecule has 52 heavy (non-hydrogen) atoms. The van der Waals surface area contributed by atoms with E-state index in [1.165, 1.54) is 103 Å². The first-order valence-electron chi connectivity index (χ1n) is 22.5. The zero-order valence-electron chi connectivity index (χ0n) is 34.7. The molecule has 2 fully saturated rings. The number of unbranched alkanes of at least 4 members (excludes halogenated alkanes) is 4. The Morgan fingerprint density at radius 1 is 0.500 bits per heavy atom. The minimum atomic E-state index is -0.681. The van der Waals surface area contributed by atoms with E-state index >= 15 is 0 Å². The second-order valence-electron chi connectivity index (χ2n) is 16.0. The lowest BCUT2D eigenvalue weighted by Gasteiger charge is -2.28. The van der Waals surface area contributed by atoms with Crippen LogP contribution in [0, 0.1) is 11.8 Å². The first-order chi connectivity index (χ1) is 25.5. The highest BCUT2D eigenvalue weighted by molar-refractivity contribution is 5.70. The molecule has 0 saturated carbocycles. The SMILES string of the molecule is CCCCC(CC)CCCCOCC(OC(=O)CCCN1CCCCC1)C(COCCCCC(CC)CCCC)OC(=O)CCCN1CCCCC1. The van der Waals surface area contributed by atoms with E-state index in [0.29, 0.717) is 26.1 Å². The normalized spacial score (nSPS) is 18.2. The quantitative estimate of drug-likeness (QED) is 0.0487. The number of piperidine rings is 2. The number of likely N-dealkylation sites (tertiary alicyclic amines) is 2. The van der Waals surface area contributed by atoms with Crippen molar-refractivity contribution >= 4 is 11.9 Å². The first kappa shape index (κ1) is 46.9. The van der Waals surface area contributed by atoms with Crippen molar-refractivity contribution in [2.24, 2.45) is 11.8 Å². The molecule has 4 atom stereocenters. The zero-order valence-corrected chi connectivity index (χ0v) is 34.7. The summed E-state index contributed by atoms with van der Waals surface area (Å²) in [5, 5.41) is 0. The highest BCUT2D eigenvalue weighted by atomic mass is 16.6. The molecule has 0 aromatic carbocycles. The van der Waals surface area contributed by atoms with Crippen molar-refractivity contribution in [3.8, 4) is 0 Å². The molecule has 2 saturated heterocycles. The molecule has 0 radical (unpaired) electrons. The smallest absolute Gasteiger partial charge is 0.306 e. The summed E-state index contributed by atoms with van der Waals surface area (Å²) in [5.41, 5.74) is 0. The van der Waals surface area contributed by atoms with E-state index in [-0.39, 0.29) is 25.2 Å². The number of esters is 2. The van der Waals surface area contributed by atoms with Crippen LogP contribution in [0.25, 0.3) is 0 Å². The molecule has 0 aromatic rings. The number of hydrogen-bond donors (Lipinski definition) is 0. The first-order valence-corrected chi connectivity index (χ1v) is 22.5. The average molecular weight is 737 g/mol. The maximum atomic E-state index is 13.3. The van der Waals surface area contributed by atoms with E-state index in [1.54, 1.807) is 0 Å². The minimum Gasteiger partial charge on any atom is -0.456 e. The highest BCUT2D eigenvalue weighted by Crippen LogP contribution is 2.21. The molecule has 2 aliphatic rings. The van der Waals surface area contributed by atoms with Gasteiger partial charge >= 0.3 is 11.9 Å². The third-order valence-corrected chi connectivity index (χ3v) is 11.5. The number of hydrogen-bond acceptors (Lipinski definition) is 8. The van der Waals surface area contributed by atoms with Crippen molar-refractivity contribution in [3.05, 3.63) is 0 Å². The lowest BCUT2D eigenvalue weighted by atomic mass is 9.94. The van der Waals surface area contributed by atoms with Gasteiger partial charge in [0.1, 0.15) is 0 Å². The molecule has 306 valence electrons. The molecule has 0 spiro atoms. The van der Waals surface area contributed by atoms with Crippen LogP contribution in [0.15, 0.2) is 0 Å². The minimum absolute atomic E-state index is 0.218. The fourth-order valence-electron chi connectivity index (χ4n) is 7.91. The van der Waals surface area contributed by atoms with Crippen LogP contribution in [0.5, 0.6) is 0 Å². The van der Waals surface area contributed by atoms with Crippen LogP contribution in [0.3, 0.4) is 0 Å². The third-order valence-electron chi connectivity index (χ3n) is 11.5. The Morgan fingerprint density at radius 2 is 0.885 bits per heavy atom. The van der Waals surface area contributed by atoms with Gasteiger partial charge in [-0.05, 0) is 102 Å². The Labute approximate surface area is 321 Å². The molecule has 0 aliphatic carbocycles. The number of ether oxygens (including phenoxy) is 4. The van der Waals surface area contributed by atoms with Gasteiger partial charge in [0.15, 0.2) is 12.2 Å². The van der Waals surface area contributed by atoms with E-state index in [9.17, 15) is 9.59 Å². The Hall–Kier alpha value is -1.22. The van der Waals surface area contributed by atoms with Gasteiger partial charge in [-0.3, -0.25) is 9.59 Å². The zero-order chi connectivity index (χ0) is 37.5. The summed E-state index contributed by atoms with van der Waals surface area (Å²) in [6.45, 7) is 17.1. The van der Waals surface area contributed by atoms with Crippen LogP contribution >= 0.6 is 0 Å². The van der Waals surface area contributed by atoms with Crippen LogP contribution in [-0.4, -0.2) is 99.6 Å². The maximum absolute atomic E-state index is 13.3. The van der Waals surface area contributed by atoms with Gasteiger partial charge in [-0.25, -0.2) is 0 Å². The Bertz CT molecular complexity index is 779. The highest BCUT2D eigenvalue weighted by Gasteiger charge is 2.30. The Kier molecular flexibility index (Phi) is 28.9. The lowest BCUT2D eigenvalue weighted by Crippen LogP contribution is -2.42. The summed E-state index contributed by atoms with van der Waals surface area (Å²) in [6.07, 6.45) is 25.4. The van der Waals surface area contributed by atoms with E-state index in [0.717, 1.165) is 89.6 Å². The Balaban J connectivity index is 1.98. The summed E-state index contributed by atoms with van der Waals surface area (Å²) in [7, 11) is 0. The molecule has 4 unspecified atom stereocenters. The maximum Gasteiger partial charge on any atom is 0.306 e. The third kappa shape index (κ3) is 23.5. The molecule has 2 heterocycles. The summed E-state index contributed by atoms with van der Waals surface area (Å²) in [6, 6.07) is 0. The van der Waals surface area contributed by atoms with Gasteiger partial charge in [0.2, 0.25) is 0 Å². The van der Waals surface area contributed by atoms with Gasteiger partial charge in [-0.1, -0.05) is 118 Å². The molecule has 0 aromatic heterocycles. The van der Waals surface area contributed by atoms with E-state index in [2.05, 4.69) is 37.5 Å². The van der Waals surface area contributed by atoms with Gasteiger partial charge in [0.05, 0.1) is 13.2 Å². The van der Waals surface area contributed by atoms with Crippen molar-refractivity contribution in [1.29, 1.82) is 0 Å². The van der Waals surface area contributed by atoms with Crippen molar-refractivity contribution in [1.82, 2.24) is 9.80 Å². The molecule has 0 bridgehead atoms. The molecule has 8 heteroatoms. The average Bonchev–Trinajstić information content (AvgIpc) is 3.16. The van der Waals surface area contributed by atoms with Crippen molar-refractivity contribution in [3.63, 3.8) is 0 Å². The molecular weight excluding hydrogens is 652 g/mol. The predicted octanol–water partition coefficient (Wildman–Crippen LogP) is 10.1. The second-order valence-corrected chi connectivity index (χ2v) is 16.0. The number of rotatable bonds is 33. The monoisotopic (exact) mass is 737 g/mol. The fourth-order valence-corrected chi connectivity index (χ4v) is 7.91. The Morgan fingerprint density at radius 3 is 1.25 bits per heavy atom. The second kappa shape index (κ2) is 32.1. The van der Waals surface area contributed by atoms with Crippen molar-refractivity contribution < 1.29 is 28.5 Å². The molecule has 0 N–H and O–H groups in total.